The van der Waals surface area contributed by atoms with Gasteiger partial charge in [-0.05, 0) is 61.1 Å². The molecule has 5 nitrogen and oxygen atoms in total. The van der Waals surface area contributed by atoms with Crippen molar-refractivity contribution in [3.63, 3.8) is 0 Å². The molecule has 0 atom stereocenters. The quantitative estimate of drug-likeness (QED) is 0.229. The molecular weight excluding hydrogens is 485 g/mol. The zero-order valence-corrected chi connectivity index (χ0v) is 19.0. The molecule has 28 heavy (non-hydrogen) atoms. The molecular formula is C21H22IN3O2S. The van der Waals surface area contributed by atoms with E-state index >= 15 is 0 Å². The predicted molar refractivity (Wildman–Crippen MR) is 125 cm³/mol. The molecule has 2 aromatic carbocycles. The number of ether oxygens (including phenoxy) is 2. The van der Waals surface area contributed by atoms with Crippen molar-refractivity contribution in [2.45, 2.75) is 26.9 Å². The summed E-state index contributed by atoms with van der Waals surface area (Å²) in [5, 5.41) is 7.09. The summed E-state index contributed by atoms with van der Waals surface area (Å²) in [4.78, 5) is 4.57. The number of hydrogen-bond acceptors (Lipinski definition) is 6. The van der Waals surface area contributed by atoms with Gasteiger partial charge in [-0.3, -0.25) is 5.43 Å². The third-order valence-corrected chi connectivity index (χ3v) is 5.18. The predicted octanol–water partition coefficient (Wildman–Crippen LogP) is 6.05. The summed E-state index contributed by atoms with van der Waals surface area (Å²) in [6, 6.07) is 14.0. The van der Waals surface area contributed by atoms with Gasteiger partial charge in [0.1, 0.15) is 0 Å². The molecule has 0 aliphatic heterocycles. The second-order valence-electron chi connectivity index (χ2n) is 6.20. The molecule has 0 saturated heterocycles. The Labute approximate surface area is 182 Å². The number of nitrogens with zero attached hydrogens (tertiary/aromatic N) is 2. The summed E-state index contributed by atoms with van der Waals surface area (Å²) in [7, 11) is 0. The van der Waals surface area contributed by atoms with Crippen LogP contribution in [0.3, 0.4) is 0 Å². The van der Waals surface area contributed by atoms with Crippen molar-refractivity contribution < 1.29 is 9.47 Å². The number of thiazole rings is 1. The van der Waals surface area contributed by atoms with Crippen LogP contribution in [0.4, 0.5) is 5.13 Å². The highest BCUT2D eigenvalue weighted by Gasteiger charge is 2.13. The standard InChI is InChI=1S/C21H22IN3O2S/c1-4-26-19-11-15(10-17(22)20(19)27-14(2)3)12-23-25-21-24-18(13-28-21)16-8-6-5-7-9-16/h5-14H,4H2,1-3H3,(H,24,25). The van der Waals surface area contributed by atoms with Crippen LogP contribution in [0.5, 0.6) is 11.5 Å². The lowest BCUT2D eigenvalue weighted by Gasteiger charge is -2.16. The highest BCUT2D eigenvalue weighted by molar-refractivity contribution is 14.1. The fourth-order valence-corrected chi connectivity index (χ4v) is 3.93. The fourth-order valence-electron chi connectivity index (χ4n) is 2.50. The maximum atomic E-state index is 5.90. The number of halogens is 1. The minimum atomic E-state index is 0.0811. The number of aromatic nitrogens is 1. The van der Waals surface area contributed by atoms with Crippen LogP contribution in [0.15, 0.2) is 52.9 Å². The van der Waals surface area contributed by atoms with Crippen molar-refractivity contribution in [2.24, 2.45) is 5.10 Å². The molecule has 0 fully saturated rings. The van der Waals surface area contributed by atoms with Gasteiger partial charge in [-0.15, -0.1) is 11.3 Å². The Morgan fingerprint density at radius 2 is 2.04 bits per heavy atom. The highest BCUT2D eigenvalue weighted by Crippen LogP contribution is 2.34. The van der Waals surface area contributed by atoms with Crippen LogP contribution in [0.25, 0.3) is 11.3 Å². The van der Waals surface area contributed by atoms with Gasteiger partial charge in [-0.25, -0.2) is 4.98 Å². The molecule has 0 aliphatic carbocycles. The van der Waals surface area contributed by atoms with E-state index in [4.69, 9.17) is 9.47 Å². The van der Waals surface area contributed by atoms with Gasteiger partial charge in [0, 0.05) is 10.9 Å². The van der Waals surface area contributed by atoms with Crippen molar-refractivity contribution in [1.82, 2.24) is 4.98 Å². The smallest absolute Gasteiger partial charge is 0.203 e. The van der Waals surface area contributed by atoms with E-state index in [1.54, 1.807) is 6.21 Å². The molecule has 1 heterocycles. The van der Waals surface area contributed by atoms with Crippen LogP contribution in [0, 0.1) is 3.57 Å². The van der Waals surface area contributed by atoms with Crippen LogP contribution < -0.4 is 14.9 Å². The Morgan fingerprint density at radius 3 is 2.75 bits per heavy atom. The number of benzene rings is 2. The second kappa shape index (κ2) is 9.88. The number of anilines is 1. The lowest BCUT2D eigenvalue weighted by molar-refractivity contribution is 0.222. The van der Waals surface area contributed by atoms with Crippen LogP contribution in [0.2, 0.25) is 0 Å². The van der Waals surface area contributed by atoms with Gasteiger partial charge in [0.25, 0.3) is 0 Å². The Morgan fingerprint density at radius 1 is 1.25 bits per heavy atom. The van der Waals surface area contributed by atoms with Crippen molar-refractivity contribution >= 4 is 45.3 Å². The van der Waals surface area contributed by atoms with Crippen LogP contribution in [0.1, 0.15) is 26.3 Å². The zero-order chi connectivity index (χ0) is 19.9. The van der Waals surface area contributed by atoms with E-state index in [1.165, 1.54) is 11.3 Å². The molecule has 7 heteroatoms. The molecule has 0 spiro atoms. The van der Waals surface area contributed by atoms with Gasteiger partial charge in [0.05, 0.1) is 28.2 Å². The normalized spacial score (nSPS) is 11.2. The lowest BCUT2D eigenvalue weighted by Crippen LogP contribution is -2.09. The summed E-state index contributed by atoms with van der Waals surface area (Å²) in [6.07, 6.45) is 1.84. The molecule has 1 aromatic heterocycles. The van der Waals surface area contributed by atoms with E-state index in [-0.39, 0.29) is 6.10 Å². The molecule has 146 valence electrons. The first-order valence-corrected chi connectivity index (χ1v) is 11.0. The molecule has 3 aromatic rings. The number of rotatable bonds is 8. The first-order chi connectivity index (χ1) is 13.6. The summed E-state index contributed by atoms with van der Waals surface area (Å²) < 4.78 is 12.6. The van der Waals surface area contributed by atoms with E-state index in [2.05, 4.69) is 38.1 Å². The average molecular weight is 507 g/mol. The number of hydrazone groups is 1. The van der Waals surface area contributed by atoms with Gasteiger partial charge in [-0.2, -0.15) is 5.10 Å². The third-order valence-electron chi connectivity index (χ3n) is 3.63. The van der Waals surface area contributed by atoms with Crippen molar-refractivity contribution in [3.8, 4) is 22.8 Å². The maximum Gasteiger partial charge on any atom is 0.203 e. The fraction of sp³-hybridized carbons (Fsp3) is 0.238. The van der Waals surface area contributed by atoms with Crippen LogP contribution in [-0.2, 0) is 0 Å². The van der Waals surface area contributed by atoms with Gasteiger partial charge in [0.2, 0.25) is 5.13 Å². The van der Waals surface area contributed by atoms with E-state index in [1.807, 2.05) is 68.6 Å². The lowest BCUT2D eigenvalue weighted by atomic mass is 10.2. The molecule has 0 bridgehead atoms. The third kappa shape index (κ3) is 5.45. The van der Waals surface area contributed by atoms with E-state index in [9.17, 15) is 0 Å². The Balaban J connectivity index is 1.73. The van der Waals surface area contributed by atoms with E-state index < -0.39 is 0 Å². The number of nitrogens with one attached hydrogen (secondary N) is 1. The second-order valence-corrected chi connectivity index (χ2v) is 8.22. The zero-order valence-electron chi connectivity index (χ0n) is 16.0. The van der Waals surface area contributed by atoms with Gasteiger partial charge in [-0.1, -0.05) is 30.3 Å². The van der Waals surface area contributed by atoms with Crippen molar-refractivity contribution in [2.75, 3.05) is 12.0 Å². The molecule has 0 unspecified atom stereocenters. The topological polar surface area (TPSA) is 55.7 Å². The summed E-state index contributed by atoms with van der Waals surface area (Å²) in [5.74, 6) is 1.50. The summed E-state index contributed by atoms with van der Waals surface area (Å²) in [6.45, 7) is 6.54. The van der Waals surface area contributed by atoms with Crippen molar-refractivity contribution in [1.29, 1.82) is 0 Å². The SMILES string of the molecule is CCOc1cc(C=NNc2nc(-c3ccccc3)cs2)cc(I)c1OC(C)C. The summed E-state index contributed by atoms with van der Waals surface area (Å²) >= 11 is 3.78. The largest absolute Gasteiger partial charge is 0.490 e. The highest BCUT2D eigenvalue weighted by atomic mass is 127. The van der Waals surface area contributed by atoms with Gasteiger partial charge < -0.3 is 9.47 Å². The van der Waals surface area contributed by atoms with Crippen molar-refractivity contribution in [3.05, 3.63) is 57.0 Å². The Bertz CT molecular complexity index is 942. The van der Waals surface area contributed by atoms with Crippen LogP contribution >= 0.6 is 33.9 Å². The molecule has 0 aliphatic rings. The summed E-state index contributed by atoms with van der Waals surface area (Å²) in [5.41, 5.74) is 5.96. The monoisotopic (exact) mass is 507 g/mol. The first kappa shape index (κ1) is 20.6. The van der Waals surface area contributed by atoms with Gasteiger partial charge in [0.15, 0.2) is 11.5 Å². The molecule has 0 amide bonds. The van der Waals surface area contributed by atoms with Crippen LogP contribution in [-0.4, -0.2) is 23.9 Å². The molecule has 0 radical (unpaired) electrons. The van der Waals surface area contributed by atoms with Gasteiger partial charge >= 0.3 is 0 Å². The molecule has 1 N–H and O–H groups in total. The number of hydrogen-bond donors (Lipinski definition) is 1. The Hall–Kier alpha value is -2.13. The average Bonchev–Trinajstić information content (AvgIpc) is 3.14. The first-order valence-electron chi connectivity index (χ1n) is 8.99. The minimum absolute atomic E-state index is 0.0811. The van der Waals surface area contributed by atoms with E-state index in [0.29, 0.717) is 6.61 Å². The molecule has 3 rings (SSSR count). The van der Waals surface area contributed by atoms with E-state index in [0.717, 1.165) is 37.0 Å². The Kier molecular flexibility index (Phi) is 7.27. The molecule has 0 saturated carbocycles. The minimum Gasteiger partial charge on any atom is -0.490 e. The maximum absolute atomic E-state index is 5.90.